The Morgan fingerprint density at radius 2 is 2.05 bits per heavy atom. The lowest BCUT2D eigenvalue weighted by Crippen LogP contribution is -2.17. The van der Waals surface area contributed by atoms with Gasteiger partial charge in [-0.25, -0.2) is 4.98 Å². The first-order chi connectivity index (χ1) is 9.87. The fourth-order valence-electron chi connectivity index (χ4n) is 2.58. The Kier molecular flexibility index (Phi) is 4.84. The average Bonchev–Trinajstić information content (AvgIpc) is 2.70. The second-order valence-electron chi connectivity index (χ2n) is 6.47. The molecule has 1 heterocycles. The molecule has 0 amide bonds. The summed E-state index contributed by atoms with van der Waals surface area (Å²) in [6, 6.07) is 8.25. The van der Waals surface area contributed by atoms with Crippen molar-refractivity contribution in [3.8, 4) is 0 Å². The first-order valence-corrected chi connectivity index (χ1v) is 7.67. The Hall–Kier alpha value is -1.61. The van der Waals surface area contributed by atoms with Crippen molar-refractivity contribution in [2.45, 2.75) is 59.1 Å². The van der Waals surface area contributed by atoms with Gasteiger partial charge in [0.2, 0.25) is 0 Å². The molecule has 0 fully saturated rings. The van der Waals surface area contributed by atoms with Crippen molar-refractivity contribution in [1.29, 1.82) is 0 Å². The molecule has 2 rings (SSSR count). The summed E-state index contributed by atoms with van der Waals surface area (Å²) in [7, 11) is 0. The molecule has 0 aliphatic rings. The van der Waals surface area contributed by atoms with Crippen LogP contribution >= 0.6 is 0 Å². The van der Waals surface area contributed by atoms with Crippen LogP contribution in [0.4, 0.5) is 0 Å². The minimum Gasteiger partial charge on any atom is -0.390 e. The van der Waals surface area contributed by atoms with E-state index in [4.69, 9.17) is 0 Å². The number of benzene rings is 1. The van der Waals surface area contributed by atoms with E-state index in [1.54, 1.807) is 0 Å². The maximum absolute atomic E-state index is 9.73. The van der Waals surface area contributed by atoms with Gasteiger partial charge in [0, 0.05) is 6.54 Å². The van der Waals surface area contributed by atoms with Gasteiger partial charge in [0.25, 0.3) is 0 Å². The Morgan fingerprint density at radius 3 is 2.76 bits per heavy atom. The minimum atomic E-state index is -0.558. The molecule has 0 saturated heterocycles. The van der Waals surface area contributed by atoms with Crippen LogP contribution in [0.3, 0.4) is 0 Å². The van der Waals surface area contributed by atoms with E-state index in [-0.39, 0.29) is 0 Å². The molecule has 0 aliphatic carbocycles. The molecule has 0 radical (unpaired) electrons. The monoisotopic (exact) mass is 286 g/mol. The van der Waals surface area contributed by atoms with Crippen molar-refractivity contribution >= 4 is 11.0 Å². The van der Waals surface area contributed by atoms with E-state index in [0.29, 0.717) is 0 Å². The van der Waals surface area contributed by atoms with Gasteiger partial charge in [-0.15, -0.1) is 0 Å². The first kappa shape index (κ1) is 15.8. The van der Waals surface area contributed by atoms with E-state index in [1.165, 1.54) is 11.1 Å². The van der Waals surface area contributed by atoms with Crippen LogP contribution in [-0.2, 0) is 6.54 Å². The normalized spacial score (nSPS) is 13.1. The Bertz CT molecular complexity index is 632. The maximum Gasteiger partial charge on any atom is 0.107 e. The highest BCUT2D eigenvalue weighted by Crippen LogP contribution is 2.18. The smallest absolute Gasteiger partial charge is 0.107 e. The zero-order valence-corrected chi connectivity index (χ0v) is 13.6. The predicted octanol–water partition coefficient (Wildman–Crippen LogP) is 4.23. The van der Waals surface area contributed by atoms with E-state index >= 15 is 0 Å². The lowest BCUT2D eigenvalue weighted by molar-refractivity contribution is 0.0689. The number of para-hydroxylation sites is 2. The second kappa shape index (κ2) is 6.44. The number of nitrogens with zero attached hydrogens (tertiary/aromatic N) is 2. The number of hydrogen-bond donors (Lipinski definition) is 1. The molecule has 0 unspecified atom stereocenters. The van der Waals surface area contributed by atoms with E-state index in [0.717, 1.165) is 37.1 Å². The van der Waals surface area contributed by atoms with Gasteiger partial charge >= 0.3 is 0 Å². The number of aromatic nitrogens is 2. The Labute approximate surface area is 127 Å². The SMILES string of the molecule is C/C(=C\Cn1c(C)nc2ccccc21)CCCC(C)(C)O. The van der Waals surface area contributed by atoms with Crippen LogP contribution in [0.5, 0.6) is 0 Å². The number of allylic oxidation sites excluding steroid dienone is 2. The summed E-state index contributed by atoms with van der Waals surface area (Å²) in [5, 5.41) is 9.73. The van der Waals surface area contributed by atoms with Gasteiger partial charge in [-0.1, -0.05) is 23.8 Å². The summed E-state index contributed by atoms with van der Waals surface area (Å²) in [6.07, 6.45) is 5.17. The van der Waals surface area contributed by atoms with Gasteiger partial charge in [0.1, 0.15) is 5.82 Å². The molecule has 1 N–H and O–H groups in total. The van der Waals surface area contributed by atoms with Gasteiger partial charge in [0.05, 0.1) is 16.6 Å². The van der Waals surface area contributed by atoms with Crippen LogP contribution in [0.15, 0.2) is 35.9 Å². The summed E-state index contributed by atoms with van der Waals surface area (Å²) in [4.78, 5) is 4.59. The zero-order valence-electron chi connectivity index (χ0n) is 13.6. The summed E-state index contributed by atoms with van der Waals surface area (Å²) >= 11 is 0. The van der Waals surface area contributed by atoms with E-state index in [1.807, 2.05) is 19.9 Å². The predicted molar refractivity (Wildman–Crippen MR) is 88.4 cm³/mol. The maximum atomic E-state index is 9.73. The van der Waals surface area contributed by atoms with Crippen molar-refractivity contribution < 1.29 is 5.11 Å². The van der Waals surface area contributed by atoms with Crippen molar-refractivity contribution in [3.05, 3.63) is 41.7 Å². The Morgan fingerprint density at radius 1 is 1.33 bits per heavy atom. The molecule has 21 heavy (non-hydrogen) atoms. The minimum absolute atomic E-state index is 0.558. The van der Waals surface area contributed by atoms with Crippen LogP contribution in [0.1, 0.15) is 45.9 Å². The summed E-state index contributed by atoms with van der Waals surface area (Å²) in [5.74, 6) is 1.05. The lowest BCUT2D eigenvalue weighted by Gasteiger charge is -2.16. The second-order valence-corrected chi connectivity index (χ2v) is 6.47. The molecule has 0 atom stereocenters. The molecule has 0 spiro atoms. The highest BCUT2D eigenvalue weighted by Gasteiger charge is 2.11. The van der Waals surface area contributed by atoms with Gasteiger partial charge in [-0.3, -0.25) is 0 Å². The molecule has 0 saturated carbocycles. The molecule has 3 heteroatoms. The molecule has 2 aromatic rings. The third kappa shape index (κ3) is 4.43. The molecule has 1 aromatic carbocycles. The van der Waals surface area contributed by atoms with Gasteiger partial charge in [-0.05, 0) is 59.1 Å². The van der Waals surface area contributed by atoms with Crippen molar-refractivity contribution in [2.75, 3.05) is 0 Å². The molecule has 114 valence electrons. The molecule has 3 nitrogen and oxygen atoms in total. The van der Waals surface area contributed by atoms with E-state index in [2.05, 4.69) is 47.7 Å². The number of fused-ring (bicyclic) bond motifs is 1. The quantitative estimate of drug-likeness (QED) is 0.807. The van der Waals surface area contributed by atoms with Crippen LogP contribution in [0.25, 0.3) is 11.0 Å². The highest BCUT2D eigenvalue weighted by molar-refractivity contribution is 5.75. The average molecular weight is 286 g/mol. The number of aryl methyl sites for hydroxylation is 1. The third-order valence-electron chi connectivity index (χ3n) is 3.83. The van der Waals surface area contributed by atoms with E-state index in [9.17, 15) is 5.11 Å². The van der Waals surface area contributed by atoms with Gasteiger partial charge < -0.3 is 9.67 Å². The highest BCUT2D eigenvalue weighted by atomic mass is 16.3. The fourth-order valence-corrected chi connectivity index (χ4v) is 2.58. The first-order valence-electron chi connectivity index (χ1n) is 7.67. The molecular weight excluding hydrogens is 260 g/mol. The van der Waals surface area contributed by atoms with Crippen LogP contribution < -0.4 is 0 Å². The zero-order chi connectivity index (χ0) is 15.5. The summed E-state index contributed by atoms with van der Waals surface area (Å²) in [5.41, 5.74) is 3.06. The van der Waals surface area contributed by atoms with Gasteiger partial charge in [-0.2, -0.15) is 0 Å². The summed E-state index contributed by atoms with van der Waals surface area (Å²) in [6.45, 7) is 8.82. The van der Waals surface area contributed by atoms with Crippen molar-refractivity contribution in [2.24, 2.45) is 0 Å². The number of aliphatic hydroxyl groups is 1. The van der Waals surface area contributed by atoms with Crippen molar-refractivity contribution in [3.63, 3.8) is 0 Å². The Balaban J connectivity index is 2.00. The molecule has 1 aromatic heterocycles. The largest absolute Gasteiger partial charge is 0.390 e. The number of hydrogen-bond acceptors (Lipinski definition) is 2. The molecular formula is C18H26N2O. The van der Waals surface area contributed by atoms with E-state index < -0.39 is 5.60 Å². The standard InChI is InChI=1S/C18H26N2O/c1-14(8-7-12-18(3,4)21)11-13-20-15(2)19-16-9-5-6-10-17(16)20/h5-6,9-11,21H,7-8,12-13H2,1-4H3/b14-11+. The number of imidazole rings is 1. The van der Waals surface area contributed by atoms with Crippen molar-refractivity contribution in [1.82, 2.24) is 9.55 Å². The summed E-state index contributed by atoms with van der Waals surface area (Å²) < 4.78 is 2.24. The fraction of sp³-hybridized carbons (Fsp3) is 0.500. The van der Waals surface area contributed by atoms with Crippen LogP contribution in [0, 0.1) is 6.92 Å². The van der Waals surface area contributed by atoms with Crippen LogP contribution in [0.2, 0.25) is 0 Å². The lowest BCUT2D eigenvalue weighted by atomic mass is 9.99. The van der Waals surface area contributed by atoms with Gasteiger partial charge in [0.15, 0.2) is 0 Å². The van der Waals surface area contributed by atoms with Crippen LogP contribution in [-0.4, -0.2) is 20.3 Å². The number of rotatable bonds is 6. The topological polar surface area (TPSA) is 38.0 Å². The molecule has 0 bridgehead atoms. The third-order valence-corrected chi connectivity index (χ3v) is 3.83. The molecule has 0 aliphatic heterocycles.